The second-order valence-electron chi connectivity index (χ2n) is 2.30. The molecule has 0 aliphatic heterocycles. The van der Waals surface area contributed by atoms with Crippen LogP contribution < -0.4 is 27.7 Å². The summed E-state index contributed by atoms with van der Waals surface area (Å²) in [7, 11) is 0. The number of rotatable bonds is 0. The Morgan fingerprint density at radius 1 is 1.31 bits per heavy atom. The highest BCUT2D eigenvalue weighted by atomic mass is 127. The van der Waals surface area contributed by atoms with Crippen LogP contribution in [0.25, 0.3) is 0 Å². The van der Waals surface area contributed by atoms with Gasteiger partial charge in [-0.25, -0.2) is 0 Å². The van der Waals surface area contributed by atoms with Crippen LogP contribution in [0.5, 0.6) is 0 Å². The first-order valence-corrected chi connectivity index (χ1v) is 4.60. The molecule has 0 aliphatic rings. The lowest BCUT2D eigenvalue weighted by atomic mass is 10.2. The van der Waals surface area contributed by atoms with Crippen LogP contribution in [0.3, 0.4) is 0 Å². The molecule has 0 atom stereocenters. The van der Waals surface area contributed by atoms with Crippen LogP contribution in [-0.4, -0.2) is 5.97 Å². The zero-order valence-corrected chi connectivity index (χ0v) is 9.36. The van der Waals surface area contributed by atoms with Crippen molar-refractivity contribution in [2.24, 2.45) is 0 Å². The van der Waals surface area contributed by atoms with E-state index in [1.165, 1.54) is 9.13 Å². The Morgan fingerprint density at radius 2 is 1.62 bits per heavy atom. The van der Waals surface area contributed by atoms with Crippen molar-refractivity contribution in [3.63, 3.8) is 0 Å². The van der Waals surface area contributed by atoms with Gasteiger partial charge in [-0.05, 0) is 26.0 Å². The third-order valence-electron chi connectivity index (χ3n) is 1.02. The quantitative estimate of drug-likeness (QED) is 0.512. The first-order chi connectivity index (χ1) is 5.52. The van der Waals surface area contributed by atoms with Gasteiger partial charge in [0.2, 0.25) is 0 Å². The van der Waals surface area contributed by atoms with E-state index < -0.39 is 5.97 Å². The maximum atomic E-state index is 8.89. The Kier molecular flexibility index (Phi) is 9.22. The number of carbonyl (C=O) groups is 1. The molecular weight excluding hydrogens is 279 g/mol. The molecule has 0 saturated heterocycles. The van der Waals surface area contributed by atoms with Crippen LogP contribution in [0.2, 0.25) is 0 Å². The molecule has 1 aromatic rings. The summed E-state index contributed by atoms with van der Waals surface area (Å²) < 4.78 is 1.34. The molecular formula is C10H15IO2. The fraction of sp³-hybridized carbons (Fsp3) is 0.300. The lowest BCUT2D eigenvalue weighted by molar-refractivity contribution is -0.328. The van der Waals surface area contributed by atoms with Gasteiger partial charge >= 0.3 is 0 Å². The Bertz CT molecular complexity index is 217. The highest BCUT2D eigenvalue weighted by Crippen LogP contribution is 1.92. The summed E-state index contributed by atoms with van der Waals surface area (Å²) >= 11 is 2.03. The number of benzene rings is 1. The second kappa shape index (κ2) is 8.04. The Hall–Kier alpha value is -0.580. The second-order valence-corrected chi connectivity index (χ2v) is 3.65. The number of carboxylic acids is 1. The minimum atomic E-state index is -1.08. The average molecular weight is 294 g/mol. The van der Waals surface area contributed by atoms with Crippen molar-refractivity contribution in [1.29, 1.82) is 0 Å². The van der Waals surface area contributed by atoms with Crippen molar-refractivity contribution in [3.05, 3.63) is 33.4 Å². The highest BCUT2D eigenvalue weighted by molar-refractivity contribution is 5.60. The van der Waals surface area contributed by atoms with Crippen molar-refractivity contribution in [1.82, 2.24) is 0 Å². The van der Waals surface area contributed by atoms with E-state index in [2.05, 4.69) is 31.2 Å². The van der Waals surface area contributed by atoms with Crippen molar-refractivity contribution < 1.29 is 32.5 Å². The molecule has 0 unspecified atom stereocenters. The van der Waals surface area contributed by atoms with Crippen molar-refractivity contribution in [2.75, 3.05) is 0 Å². The predicted octanol–water partition coefficient (Wildman–Crippen LogP) is -2.16. The van der Waals surface area contributed by atoms with Crippen LogP contribution in [0.15, 0.2) is 24.3 Å². The number of hydrogen-bond donors (Lipinski definition) is 0. The van der Waals surface area contributed by atoms with E-state index in [1.54, 1.807) is 0 Å². The average Bonchev–Trinajstić information content (AvgIpc) is 1.94. The van der Waals surface area contributed by atoms with Gasteiger partial charge in [0.05, 0.1) is 0 Å². The minimum absolute atomic E-state index is 0. The summed E-state index contributed by atoms with van der Waals surface area (Å²) in [5.41, 5.74) is 1.33. The van der Waals surface area contributed by atoms with Gasteiger partial charge in [0, 0.05) is 5.97 Å². The van der Waals surface area contributed by atoms with Gasteiger partial charge in [0.15, 0.2) is 3.57 Å². The smallest absolute Gasteiger partial charge is 0.296 e. The predicted molar refractivity (Wildman–Crippen MR) is 48.7 cm³/mol. The van der Waals surface area contributed by atoms with Gasteiger partial charge in [0.1, 0.15) is 0 Å². The largest absolute Gasteiger partial charge is 0.550 e. The summed E-state index contributed by atoms with van der Waals surface area (Å²) in [5, 5.41) is 8.89. The first-order valence-electron chi connectivity index (χ1n) is 3.43. The van der Waals surface area contributed by atoms with E-state index in [9.17, 15) is 0 Å². The van der Waals surface area contributed by atoms with E-state index in [0.29, 0.717) is 0 Å². The number of hydrogen-bond acceptors (Lipinski definition) is 2. The van der Waals surface area contributed by atoms with E-state index in [-0.39, 0.29) is 7.43 Å². The van der Waals surface area contributed by atoms with Crippen LogP contribution >= 0.6 is 0 Å². The van der Waals surface area contributed by atoms with Gasteiger partial charge in [-0.1, -0.05) is 25.1 Å². The topological polar surface area (TPSA) is 40.1 Å². The fourth-order valence-electron chi connectivity index (χ4n) is 0.538. The third-order valence-corrected chi connectivity index (χ3v) is 1.80. The van der Waals surface area contributed by atoms with E-state index in [0.717, 1.165) is 6.92 Å². The molecule has 2 nitrogen and oxygen atoms in total. The summed E-state index contributed by atoms with van der Waals surface area (Å²) in [6, 6.07) is 8.50. The van der Waals surface area contributed by atoms with Gasteiger partial charge in [0.25, 0.3) is 22.6 Å². The normalized spacial score (nSPS) is 7.62. The number of aryl methyl sites for hydroxylation is 1. The Balaban J connectivity index is 0. The summed E-state index contributed by atoms with van der Waals surface area (Å²) in [4.78, 5) is 8.89. The fourth-order valence-corrected chi connectivity index (χ4v) is 0.927. The summed E-state index contributed by atoms with van der Waals surface area (Å²) in [6.45, 7) is 3.07. The van der Waals surface area contributed by atoms with Gasteiger partial charge in [-0.3, -0.25) is 0 Å². The third kappa shape index (κ3) is 11.4. The zero-order valence-electron chi connectivity index (χ0n) is 7.03. The van der Waals surface area contributed by atoms with Crippen LogP contribution in [0, 0.1) is 10.5 Å². The van der Waals surface area contributed by atoms with E-state index >= 15 is 0 Å². The van der Waals surface area contributed by atoms with E-state index in [4.69, 9.17) is 9.90 Å². The van der Waals surface area contributed by atoms with Crippen molar-refractivity contribution >= 4 is 5.97 Å². The number of aliphatic carboxylic acids is 1. The van der Waals surface area contributed by atoms with Crippen LogP contribution in [0.4, 0.5) is 0 Å². The van der Waals surface area contributed by atoms with Crippen LogP contribution in [-0.2, 0) is 4.79 Å². The van der Waals surface area contributed by atoms with Gasteiger partial charge in [-0.2, -0.15) is 0 Å². The molecule has 0 radical (unpaired) electrons. The minimum Gasteiger partial charge on any atom is -0.550 e. The number of carboxylic acid groups (broad SMARTS) is 1. The molecule has 0 fully saturated rings. The standard InChI is InChI=1S/C7H8I.C2H4O2.CH4/c1-6-2-4-7(8)5-3-6;1-2(3)4;/h2-5,8H,1H3;1H3,(H,3,4);1H4/q+1;;/p-1. The molecule has 1 aromatic carbocycles. The lowest BCUT2D eigenvalue weighted by Gasteiger charge is -1.83. The molecule has 0 saturated carbocycles. The molecule has 0 amide bonds. The molecule has 0 aromatic heterocycles. The lowest BCUT2D eigenvalue weighted by Crippen LogP contribution is -3.34. The van der Waals surface area contributed by atoms with Crippen molar-refractivity contribution in [2.45, 2.75) is 21.3 Å². The number of halogens is 1. The molecule has 0 bridgehead atoms. The molecule has 0 spiro atoms. The molecule has 74 valence electrons. The van der Waals surface area contributed by atoms with E-state index in [1.807, 2.05) is 22.6 Å². The summed E-state index contributed by atoms with van der Waals surface area (Å²) in [6.07, 6.45) is 0. The van der Waals surface area contributed by atoms with Crippen LogP contribution in [0.1, 0.15) is 19.9 Å². The van der Waals surface area contributed by atoms with Crippen molar-refractivity contribution in [3.8, 4) is 0 Å². The highest BCUT2D eigenvalue weighted by Gasteiger charge is 1.89. The Labute approximate surface area is 93.1 Å². The van der Waals surface area contributed by atoms with Gasteiger partial charge < -0.3 is 9.90 Å². The molecule has 1 rings (SSSR count). The molecule has 3 heteroatoms. The summed E-state index contributed by atoms with van der Waals surface area (Å²) in [5.74, 6) is -1.08. The molecule has 0 N–H and O–H groups in total. The number of carbonyl (C=O) groups excluding carboxylic acids is 1. The van der Waals surface area contributed by atoms with Gasteiger partial charge in [-0.15, -0.1) is 0 Å². The first kappa shape index (κ1) is 14.9. The molecule has 0 aliphatic carbocycles. The monoisotopic (exact) mass is 294 g/mol. The molecule has 0 heterocycles. The maximum Gasteiger partial charge on any atom is 0.296 e. The SMILES string of the molecule is C.CC(=O)[O-].Cc1ccc([IH+])cc1. The maximum absolute atomic E-state index is 8.89. The zero-order chi connectivity index (χ0) is 9.56. The Morgan fingerprint density at radius 3 is 1.85 bits per heavy atom. The molecule has 13 heavy (non-hydrogen) atoms.